The van der Waals surface area contributed by atoms with Crippen molar-refractivity contribution >= 4 is 48.3 Å². The first-order valence-corrected chi connectivity index (χ1v) is 20.9. The summed E-state index contributed by atoms with van der Waals surface area (Å²) in [6, 6.07) is 0. The van der Waals surface area contributed by atoms with E-state index in [-0.39, 0.29) is 0 Å². The molecule has 1 rings (SSSR count). The predicted octanol–water partition coefficient (Wildman–Crippen LogP) is 4.85. The summed E-state index contributed by atoms with van der Waals surface area (Å²) in [5.41, 5.74) is -11.2. The first-order chi connectivity index (χ1) is 28.9. The molecule has 1 heterocycles. The maximum Gasteiger partial charge on any atom is 0.408 e. The lowest BCUT2D eigenvalue weighted by atomic mass is 9.96. The van der Waals surface area contributed by atoms with Gasteiger partial charge in [0.1, 0.15) is 57.3 Å². The number of alkyl carbamates (subject to hydrolysis) is 4. The number of methoxy groups -OCH3 is 1. The summed E-state index contributed by atoms with van der Waals surface area (Å²) in [6.45, 7) is 28.8. The Kier molecular flexibility index (Phi) is 18.7. The summed E-state index contributed by atoms with van der Waals surface area (Å²) in [4.78, 5) is 107. The third-order valence-electron chi connectivity index (χ3n) is 8.23. The number of amides is 4. The smallest absolute Gasteiger partial charge is 0.408 e. The second-order valence-corrected chi connectivity index (χ2v) is 21.5. The lowest BCUT2D eigenvalue weighted by Gasteiger charge is -2.45. The van der Waals surface area contributed by atoms with E-state index in [2.05, 4.69) is 21.3 Å². The van der Waals surface area contributed by atoms with Crippen LogP contribution in [0.4, 0.5) is 19.2 Å². The minimum Gasteiger partial charge on any atom is -0.461 e. The van der Waals surface area contributed by atoms with Gasteiger partial charge in [0.25, 0.3) is 0 Å². The molecule has 4 N–H and O–H groups in total. The molecule has 1 aliphatic rings. The maximum absolute atomic E-state index is 14.2. The molecule has 22 heteroatoms. The summed E-state index contributed by atoms with van der Waals surface area (Å²) in [5, 5.41) is 9.66. The van der Waals surface area contributed by atoms with Crippen molar-refractivity contribution in [3.05, 3.63) is 0 Å². The van der Waals surface area contributed by atoms with Crippen molar-refractivity contribution < 1.29 is 85.7 Å². The molecule has 0 aromatic heterocycles. The molecular weight excluding hydrogens is 860 g/mol. The van der Waals surface area contributed by atoms with Crippen LogP contribution >= 0.6 is 0 Å². The van der Waals surface area contributed by atoms with Gasteiger partial charge < -0.3 is 68.6 Å². The Balaban J connectivity index is 3.99. The van der Waals surface area contributed by atoms with Crippen molar-refractivity contribution in [2.75, 3.05) is 13.7 Å². The predicted molar refractivity (Wildman–Crippen MR) is 230 cm³/mol. The van der Waals surface area contributed by atoms with Gasteiger partial charge in [-0.15, -0.1) is 0 Å². The van der Waals surface area contributed by atoms with E-state index >= 15 is 0 Å². The van der Waals surface area contributed by atoms with E-state index in [1.807, 2.05) is 0 Å². The zero-order valence-corrected chi connectivity index (χ0v) is 41.9. The van der Waals surface area contributed by atoms with Crippen LogP contribution in [0.3, 0.4) is 0 Å². The molecule has 0 aromatic carbocycles. The molecule has 0 radical (unpaired) electrons. The van der Waals surface area contributed by atoms with E-state index in [9.17, 15) is 38.4 Å². The van der Waals surface area contributed by atoms with E-state index in [1.165, 1.54) is 55.4 Å². The zero-order valence-electron chi connectivity index (χ0n) is 41.9. The van der Waals surface area contributed by atoms with Gasteiger partial charge in [-0.3, -0.25) is 0 Å². The maximum atomic E-state index is 14.2. The number of ether oxygens (including phenoxy) is 10. The average Bonchev–Trinajstić information content (AvgIpc) is 3.03. The Bertz CT molecular complexity index is 1750. The van der Waals surface area contributed by atoms with Gasteiger partial charge in [-0.2, -0.15) is 0 Å². The fourth-order valence-corrected chi connectivity index (χ4v) is 5.19. The quantitative estimate of drug-likeness (QED) is 0.134. The molecule has 22 nitrogen and oxygen atoms in total. The molecule has 0 saturated carbocycles. The molecule has 0 aliphatic carbocycles. The normalized spacial score (nSPS) is 19.9. The highest BCUT2D eigenvalue weighted by atomic mass is 16.7. The van der Waals surface area contributed by atoms with Crippen LogP contribution in [-0.4, -0.2) is 137 Å². The molecule has 1 saturated heterocycles. The molecule has 1 aliphatic heterocycles. The lowest BCUT2D eigenvalue weighted by Crippen LogP contribution is -2.66. The van der Waals surface area contributed by atoms with Gasteiger partial charge in [0.15, 0.2) is 24.6 Å². The summed E-state index contributed by atoms with van der Waals surface area (Å²) in [5.74, 6) is -4.55. The monoisotopic (exact) mass is 934 g/mol. The van der Waals surface area contributed by atoms with Crippen LogP contribution < -0.4 is 21.3 Å². The van der Waals surface area contributed by atoms with Crippen molar-refractivity contribution in [3.8, 4) is 0 Å². The van der Waals surface area contributed by atoms with E-state index in [0.717, 1.165) is 7.11 Å². The van der Waals surface area contributed by atoms with Gasteiger partial charge in [-0.25, -0.2) is 38.4 Å². The van der Waals surface area contributed by atoms with E-state index in [4.69, 9.17) is 47.4 Å². The molecule has 0 unspecified atom stereocenters. The number of nitrogens with one attached hydrogen (secondary N) is 4. The number of rotatable bonds is 14. The highest BCUT2D eigenvalue weighted by molar-refractivity contribution is 5.87. The Morgan fingerprint density at radius 3 is 0.938 bits per heavy atom. The van der Waals surface area contributed by atoms with E-state index in [1.54, 1.807) is 83.1 Å². The van der Waals surface area contributed by atoms with E-state index < -0.39 is 130 Å². The Hall–Kier alpha value is -5.12. The van der Waals surface area contributed by atoms with Crippen LogP contribution in [0.15, 0.2) is 0 Å². The van der Waals surface area contributed by atoms with E-state index in [0.29, 0.717) is 0 Å². The third kappa shape index (κ3) is 19.9. The van der Waals surface area contributed by atoms with Crippen LogP contribution in [-0.2, 0) is 66.5 Å². The number of carbonyl (C=O) groups excluding carboxylic acids is 8. The summed E-state index contributed by atoms with van der Waals surface area (Å²) in [6.07, 6.45) is -13.0. The van der Waals surface area contributed by atoms with Gasteiger partial charge in [-0.05, 0) is 138 Å². The Morgan fingerprint density at radius 2 is 0.662 bits per heavy atom. The molecule has 0 bridgehead atoms. The summed E-state index contributed by atoms with van der Waals surface area (Å²) >= 11 is 0. The molecule has 5 atom stereocenters. The largest absolute Gasteiger partial charge is 0.461 e. The fraction of sp³-hybridized carbons (Fsp3) is 0.814. The lowest BCUT2D eigenvalue weighted by molar-refractivity contribution is -0.305. The van der Waals surface area contributed by atoms with Gasteiger partial charge >= 0.3 is 48.3 Å². The van der Waals surface area contributed by atoms with Gasteiger partial charge in [0, 0.05) is 7.11 Å². The molecule has 1 fully saturated rings. The molecular formula is C43H74N4O18. The number of carbonyl (C=O) groups is 8. The number of hydrogen-bond donors (Lipinski definition) is 4. The Labute approximate surface area is 382 Å². The van der Waals surface area contributed by atoms with Gasteiger partial charge in [0.05, 0.1) is 0 Å². The topological polar surface area (TPSA) is 277 Å². The van der Waals surface area contributed by atoms with Gasteiger partial charge in [0.2, 0.25) is 0 Å². The molecule has 0 spiro atoms. The first-order valence-electron chi connectivity index (χ1n) is 20.9. The fourth-order valence-electron chi connectivity index (χ4n) is 5.19. The van der Waals surface area contributed by atoms with Crippen LogP contribution in [0.2, 0.25) is 0 Å². The SMILES string of the molecule is CO[C@@H]1O[C@H](COC(=O)C(C)(C)NC(=O)OC(C)(C)C)[C@H](OC(=O)C(C)(C)NC(=O)OC(C)(C)C)[C@H](OC(=O)C(C)(C)NC(=O)OC(C)(C)C)[C@H]1OC(=O)C(C)(C)NC(=O)OC(C)(C)C. The zero-order chi connectivity index (χ0) is 51.1. The highest BCUT2D eigenvalue weighted by Gasteiger charge is 2.56. The number of esters is 4. The standard InChI is InChI=1S/C43H74N4O18/c1-36(2,3)62-32(52)44-40(13,14)28(48)57-22-23-24(59-29(49)41(15,16)45-33(53)63-37(4,5)6)25(60-30(50)42(17,18)46-34(54)64-38(7,8)9)26(27(56-21)58-23)61-31(51)43(19,20)47-35(55)65-39(10,11)12/h23-27H,22H2,1-21H3,(H,44,52)(H,45,53)(H,46,54)(H,47,55)/t23-,24+,25+,26-,27-/m1/s1. The van der Waals surface area contributed by atoms with Crippen molar-refractivity contribution in [3.63, 3.8) is 0 Å². The average molecular weight is 935 g/mol. The minimum atomic E-state index is -1.94. The third-order valence-corrected chi connectivity index (χ3v) is 8.23. The summed E-state index contributed by atoms with van der Waals surface area (Å²) in [7, 11) is 1.14. The van der Waals surface area contributed by atoms with Crippen molar-refractivity contribution in [1.29, 1.82) is 0 Å². The summed E-state index contributed by atoms with van der Waals surface area (Å²) < 4.78 is 56.5. The second kappa shape index (κ2) is 21.0. The molecule has 0 aromatic rings. The highest BCUT2D eigenvalue weighted by Crippen LogP contribution is 2.32. The van der Waals surface area contributed by atoms with Crippen LogP contribution in [0.25, 0.3) is 0 Å². The molecule has 4 amide bonds. The Morgan fingerprint density at radius 1 is 0.400 bits per heavy atom. The second-order valence-electron chi connectivity index (χ2n) is 21.5. The van der Waals surface area contributed by atoms with Crippen molar-refractivity contribution in [2.45, 2.75) is 214 Å². The minimum absolute atomic E-state index is 0.796. The van der Waals surface area contributed by atoms with Gasteiger partial charge in [-0.1, -0.05) is 0 Å². The first kappa shape index (κ1) is 57.9. The number of hydrogen-bond acceptors (Lipinski definition) is 18. The van der Waals surface area contributed by atoms with Crippen LogP contribution in [0.5, 0.6) is 0 Å². The molecule has 65 heavy (non-hydrogen) atoms. The molecule has 374 valence electrons. The van der Waals surface area contributed by atoms with Crippen molar-refractivity contribution in [2.24, 2.45) is 0 Å². The van der Waals surface area contributed by atoms with Crippen molar-refractivity contribution in [1.82, 2.24) is 21.3 Å². The van der Waals surface area contributed by atoms with Crippen LogP contribution in [0.1, 0.15) is 138 Å². The van der Waals surface area contributed by atoms with Crippen LogP contribution in [0, 0.1) is 0 Å².